The molecule has 0 radical (unpaired) electrons. The molecule has 0 amide bonds. The summed E-state index contributed by atoms with van der Waals surface area (Å²) >= 11 is 5.50. The summed E-state index contributed by atoms with van der Waals surface area (Å²) in [6.45, 7) is 6.70. The summed E-state index contributed by atoms with van der Waals surface area (Å²) in [4.78, 5) is 0. The molecular weight excluding hydrogens is 264 g/mol. The minimum Gasteiger partial charge on any atom is -0.360 e. The van der Waals surface area contributed by atoms with Gasteiger partial charge in [0.05, 0.1) is 0 Å². The molecule has 1 aliphatic rings. The van der Waals surface area contributed by atoms with Crippen LogP contribution in [0.1, 0.15) is 51.2 Å². The Balaban J connectivity index is 2.03. The number of anilines is 1. The average Bonchev–Trinajstić information content (AvgIpc) is 2.84. The molecule has 1 fully saturated rings. The summed E-state index contributed by atoms with van der Waals surface area (Å²) in [5.74, 6) is 0.824. The van der Waals surface area contributed by atoms with Gasteiger partial charge in [0.25, 0.3) is 0 Å². The Labute approximate surface area is 128 Å². The van der Waals surface area contributed by atoms with Gasteiger partial charge in [-0.3, -0.25) is 0 Å². The summed E-state index contributed by atoms with van der Waals surface area (Å²) in [5, 5.41) is 7.70. The molecule has 0 aliphatic heterocycles. The predicted molar refractivity (Wildman–Crippen MR) is 91.4 cm³/mol. The number of hydrogen-bond acceptors (Lipinski definition) is 1. The quantitative estimate of drug-likeness (QED) is 0.809. The third-order valence-corrected chi connectivity index (χ3v) is 4.49. The first kappa shape index (κ1) is 15.3. The van der Waals surface area contributed by atoms with Crippen LogP contribution in [0, 0.1) is 5.92 Å². The number of benzene rings is 1. The Hall–Kier alpha value is -1.09. The number of hydrogen-bond donors (Lipinski definition) is 2. The monoisotopic (exact) mass is 290 g/mol. The smallest absolute Gasteiger partial charge is 0.171 e. The van der Waals surface area contributed by atoms with Crippen LogP contribution >= 0.6 is 12.2 Å². The highest BCUT2D eigenvalue weighted by Gasteiger charge is 2.21. The molecular formula is C17H26N2S. The second-order valence-corrected chi connectivity index (χ2v) is 6.28. The van der Waals surface area contributed by atoms with E-state index in [2.05, 4.69) is 49.6 Å². The van der Waals surface area contributed by atoms with E-state index >= 15 is 0 Å². The van der Waals surface area contributed by atoms with Crippen molar-refractivity contribution in [2.45, 2.75) is 58.9 Å². The number of rotatable bonds is 4. The molecule has 0 spiro atoms. The molecule has 1 aliphatic carbocycles. The second-order valence-electron chi connectivity index (χ2n) is 5.87. The van der Waals surface area contributed by atoms with Gasteiger partial charge in [0.1, 0.15) is 0 Å². The lowest BCUT2D eigenvalue weighted by Gasteiger charge is -2.19. The highest BCUT2D eigenvalue weighted by atomic mass is 32.1. The van der Waals surface area contributed by atoms with Gasteiger partial charge in [-0.15, -0.1) is 0 Å². The standard InChI is InChI=1S/C17H26N2S/c1-4-13-7-6-8-14(5-2)16(13)19-17(20)18-15-10-9-12(3)11-15/h6-8,12,15H,4-5,9-11H2,1-3H3,(H2,18,19,20). The van der Waals surface area contributed by atoms with E-state index < -0.39 is 0 Å². The lowest BCUT2D eigenvalue weighted by Crippen LogP contribution is -2.36. The van der Waals surface area contributed by atoms with Crippen LogP contribution in [-0.2, 0) is 12.8 Å². The highest BCUT2D eigenvalue weighted by molar-refractivity contribution is 7.80. The van der Waals surface area contributed by atoms with Gasteiger partial charge in [-0.05, 0) is 61.4 Å². The van der Waals surface area contributed by atoms with Crippen molar-refractivity contribution in [1.82, 2.24) is 5.32 Å². The lowest BCUT2D eigenvalue weighted by molar-refractivity contribution is 0.572. The molecule has 1 saturated carbocycles. The van der Waals surface area contributed by atoms with E-state index in [0.29, 0.717) is 6.04 Å². The van der Waals surface area contributed by atoms with Gasteiger partial charge in [0, 0.05) is 11.7 Å². The van der Waals surface area contributed by atoms with Crippen molar-refractivity contribution in [3.63, 3.8) is 0 Å². The molecule has 2 rings (SSSR count). The maximum atomic E-state index is 5.50. The molecule has 2 atom stereocenters. The summed E-state index contributed by atoms with van der Waals surface area (Å²) in [6, 6.07) is 7.05. The third-order valence-electron chi connectivity index (χ3n) is 4.27. The predicted octanol–water partition coefficient (Wildman–Crippen LogP) is 4.29. The Bertz CT molecular complexity index is 448. The SMILES string of the molecule is CCc1cccc(CC)c1NC(=S)NC1CCC(C)C1. The van der Waals surface area contributed by atoms with Crippen molar-refractivity contribution in [2.24, 2.45) is 5.92 Å². The van der Waals surface area contributed by atoms with Gasteiger partial charge in [0.15, 0.2) is 5.11 Å². The maximum absolute atomic E-state index is 5.50. The summed E-state index contributed by atoms with van der Waals surface area (Å²) < 4.78 is 0. The first-order valence-electron chi connectivity index (χ1n) is 7.82. The van der Waals surface area contributed by atoms with E-state index in [0.717, 1.165) is 23.9 Å². The lowest BCUT2D eigenvalue weighted by atomic mass is 10.0. The van der Waals surface area contributed by atoms with E-state index in [1.807, 2.05) is 0 Å². The van der Waals surface area contributed by atoms with Crippen molar-refractivity contribution < 1.29 is 0 Å². The zero-order valence-electron chi connectivity index (χ0n) is 12.8. The van der Waals surface area contributed by atoms with Crippen LogP contribution < -0.4 is 10.6 Å². The number of thiocarbonyl (C=S) groups is 1. The van der Waals surface area contributed by atoms with Crippen LogP contribution in [0.5, 0.6) is 0 Å². The van der Waals surface area contributed by atoms with E-state index in [4.69, 9.17) is 12.2 Å². The van der Waals surface area contributed by atoms with Gasteiger partial charge >= 0.3 is 0 Å². The van der Waals surface area contributed by atoms with Crippen LogP contribution in [0.4, 0.5) is 5.69 Å². The van der Waals surface area contributed by atoms with Crippen LogP contribution in [-0.4, -0.2) is 11.2 Å². The molecule has 0 heterocycles. The van der Waals surface area contributed by atoms with Gasteiger partial charge in [-0.25, -0.2) is 0 Å². The van der Waals surface area contributed by atoms with Crippen molar-refractivity contribution in [1.29, 1.82) is 0 Å². The molecule has 0 saturated heterocycles. The van der Waals surface area contributed by atoms with Gasteiger partial charge in [0.2, 0.25) is 0 Å². The van der Waals surface area contributed by atoms with Crippen LogP contribution in [0.25, 0.3) is 0 Å². The molecule has 110 valence electrons. The Morgan fingerprint density at radius 3 is 2.35 bits per heavy atom. The van der Waals surface area contributed by atoms with Crippen molar-refractivity contribution >= 4 is 23.0 Å². The second kappa shape index (κ2) is 7.07. The summed E-state index contributed by atoms with van der Waals surface area (Å²) in [7, 11) is 0. The molecule has 2 unspecified atom stereocenters. The average molecular weight is 290 g/mol. The third kappa shape index (κ3) is 3.72. The van der Waals surface area contributed by atoms with E-state index in [9.17, 15) is 0 Å². The largest absolute Gasteiger partial charge is 0.360 e. The number of para-hydroxylation sites is 1. The minimum atomic E-state index is 0.545. The fourth-order valence-electron chi connectivity index (χ4n) is 3.08. The van der Waals surface area contributed by atoms with Crippen molar-refractivity contribution in [3.8, 4) is 0 Å². The molecule has 3 heteroatoms. The highest BCUT2D eigenvalue weighted by Crippen LogP contribution is 2.25. The van der Waals surface area contributed by atoms with Crippen molar-refractivity contribution in [3.05, 3.63) is 29.3 Å². The molecule has 2 N–H and O–H groups in total. The zero-order chi connectivity index (χ0) is 14.5. The summed E-state index contributed by atoms with van der Waals surface area (Å²) in [5.41, 5.74) is 3.89. The van der Waals surface area contributed by atoms with Crippen molar-refractivity contribution in [2.75, 3.05) is 5.32 Å². The molecule has 2 nitrogen and oxygen atoms in total. The topological polar surface area (TPSA) is 24.1 Å². The molecule has 20 heavy (non-hydrogen) atoms. The number of aryl methyl sites for hydroxylation is 2. The van der Waals surface area contributed by atoms with E-state index in [-0.39, 0.29) is 0 Å². The van der Waals surface area contributed by atoms with E-state index in [1.165, 1.54) is 36.1 Å². The molecule has 0 aromatic heterocycles. The van der Waals surface area contributed by atoms with Gasteiger partial charge in [-0.1, -0.05) is 39.0 Å². The zero-order valence-corrected chi connectivity index (χ0v) is 13.6. The first-order chi connectivity index (χ1) is 9.63. The van der Waals surface area contributed by atoms with Crippen LogP contribution in [0.15, 0.2) is 18.2 Å². The van der Waals surface area contributed by atoms with Gasteiger partial charge < -0.3 is 10.6 Å². The van der Waals surface area contributed by atoms with Crippen LogP contribution in [0.3, 0.4) is 0 Å². The minimum absolute atomic E-state index is 0.545. The van der Waals surface area contributed by atoms with E-state index in [1.54, 1.807) is 0 Å². The number of nitrogens with one attached hydrogen (secondary N) is 2. The molecule has 0 bridgehead atoms. The fourth-order valence-corrected chi connectivity index (χ4v) is 3.35. The molecule has 1 aromatic carbocycles. The first-order valence-corrected chi connectivity index (χ1v) is 8.23. The van der Waals surface area contributed by atoms with Gasteiger partial charge in [-0.2, -0.15) is 0 Å². The Morgan fingerprint density at radius 1 is 1.20 bits per heavy atom. The summed E-state index contributed by atoms with van der Waals surface area (Å²) in [6.07, 6.45) is 5.83. The maximum Gasteiger partial charge on any atom is 0.171 e. The fraction of sp³-hybridized carbons (Fsp3) is 0.588. The normalized spacial score (nSPS) is 21.8. The Kier molecular flexibility index (Phi) is 5.41. The van der Waals surface area contributed by atoms with Crippen LogP contribution in [0.2, 0.25) is 0 Å². The Morgan fingerprint density at radius 2 is 1.85 bits per heavy atom. The molecule has 1 aromatic rings.